The van der Waals surface area contributed by atoms with Crippen LogP contribution in [0.4, 0.5) is 0 Å². The first-order valence-electron chi connectivity index (χ1n) is 5.02. The maximum Gasteiger partial charge on any atom is 0.305 e. The largest absolute Gasteiger partial charge is 0.481 e. The molecule has 0 bridgehead atoms. The molecule has 0 aromatic rings. The van der Waals surface area contributed by atoms with Crippen molar-refractivity contribution >= 4 is 11.9 Å². The lowest BCUT2D eigenvalue weighted by Crippen LogP contribution is -2.47. The molecule has 1 aliphatic heterocycles. The van der Waals surface area contributed by atoms with Gasteiger partial charge in [-0.2, -0.15) is 0 Å². The highest BCUT2D eigenvalue weighted by molar-refractivity contribution is 5.80. The third-order valence-corrected chi connectivity index (χ3v) is 2.36. The number of nitrogens with one attached hydrogen (secondary N) is 1. The maximum atomic E-state index is 11.7. The zero-order chi connectivity index (χ0) is 11.5. The zero-order valence-electron chi connectivity index (χ0n) is 9.08. The van der Waals surface area contributed by atoms with E-state index in [1.54, 1.807) is 13.8 Å². The number of carbonyl (C=O) groups excluding carboxylic acids is 1. The molecule has 2 N–H and O–H groups in total. The third kappa shape index (κ3) is 3.87. The van der Waals surface area contributed by atoms with Crippen LogP contribution in [0.1, 0.15) is 26.7 Å². The van der Waals surface area contributed by atoms with Gasteiger partial charge in [-0.1, -0.05) is 0 Å². The van der Waals surface area contributed by atoms with Gasteiger partial charge >= 0.3 is 5.97 Å². The van der Waals surface area contributed by atoms with Crippen LogP contribution in [-0.4, -0.2) is 35.7 Å². The molecule has 5 heteroatoms. The summed E-state index contributed by atoms with van der Waals surface area (Å²) in [7, 11) is 0. The van der Waals surface area contributed by atoms with Crippen LogP contribution >= 0.6 is 0 Å². The van der Waals surface area contributed by atoms with Gasteiger partial charge in [-0.25, -0.2) is 0 Å². The molecule has 1 heterocycles. The average molecular weight is 215 g/mol. The van der Waals surface area contributed by atoms with E-state index < -0.39 is 11.5 Å². The summed E-state index contributed by atoms with van der Waals surface area (Å²) in [6, 6.07) is 0. The van der Waals surface area contributed by atoms with E-state index in [9.17, 15) is 9.59 Å². The number of hydrogen-bond donors (Lipinski definition) is 2. The monoisotopic (exact) mass is 215 g/mol. The van der Waals surface area contributed by atoms with Crippen molar-refractivity contribution in [1.82, 2.24) is 5.32 Å². The van der Waals surface area contributed by atoms with Crippen molar-refractivity contribution in [2.24, 2.45) is 5.92 Å². The number of rotatable bonds is 4. The number of hydrogen-bond acceptors (Lipinski definition) is 3. The highest BCUT2D eigenvalue weighted by Crippen LogP contribution is 2.15. The zero-order valence-corrected chi connectivity index (χ0v) is 9.08. The van der Waals surface area contributed by atoms with Crippen molar-refractivity contribution in [3.63, 3.8) is 0 Å². The van der Waals surface area contributed by atoms with Gasteiger partial charge in [0.05, 0.1) is 18.9 Å². The first-order valence-corrected chi connectivity index (χ1v) is 5.02. The number of carbonyl (C=O) groups is 2. The molecule has 0 aromatic carbocycles. The first-order chi connectivity index (χ1) is 6.91. The smallest absolute Gasteiger partial charge is 0.305 e. The molecule has 1 fully saturated rings. The van der Waals surface area contributed by atoms with E-state index in [1.165, 1.54) is 0 Å². The Balaban J connectivity index is 2.44. The van der Waals surface area contributed by atoms with Crippen molar-refractivity contribution in [1.29, 1.82) is 0 Å². The molecular formula is C10H17NO4. The van der Waals surface area contributed by atoms with Crippen LogP contribution in [0.5, 0.6) is 0 Å². The number of amides is 1. The molecule has 15 heavy (non-hydrogen) atoms. The van der Waals surface area contributed by atoms with Gasteiger partial charge in [0.1, 0.15) is 0 Å². The van der Waals surface area contributed by atoms with Gasteiger partial charge in [-0.05, 0) is 20.3 Å². The van der Waals surface area contributed by atoms with Gasteiger partial charge in [0.15, 0.2) is 0 Å². The van der Waals surface area contributed by atoms with Crippen molar-refractivity contribution < 1.29 is 19.4 Å². The van der Waals surface area contributed by atoms with E-state index >= 15 is 0 Å². The number of ether oxygens (including phenoxy) is 1. The van der Waals surface area contributed by atoms with E-state index in [0.29, 0.717) is 13.2 Å². The predicted molar refractivity (Wildman–Crippen MR) is 53.4 cm³/mol. The van der Waals surface area contributed by atoms with E-state index in [2.05, 4.69) is 5.32 Å². The molecule has 0 aliphatic carbocycles. The van der Waals surface area contributed by atoms with Crippen molar-refractivity contribution in [3.05, 3.63) is 0 Å². The minimum absolute atomic E-state index is 0.0771. The minimum Gasteiger partial charge on any atom is -0.481 e. The highest BCUT2D eigenvalue weighted by Gasteiger charge is 2.29. The molecule has 0 aromatic heterocycles. The van der Waals surface area contributed by atoms with Crippen molar-refractivity contribution in [2.75, 3.05) is 13.2 Å². The second kappa shape index (κ2) is 4.61. The molecule has 1 saturated heterocycles. The normalized spacial score (nSPS) is 21.3. The Kier molecular flexibility index (Phi) is 3.68. The molecule has 1 aliphatic rings. The first kappa shape index (κ1) is 12.0. The van der Waals surface area contributed by atoms with E-state index in [1.807, 2.05) is 0 Å². The molecule has 5 nitrogen and oxygen atoms in total. The molecular weight excluding hydrogens is 198 g/mol. The quantitative estimate of drug-likeness (QED) is 0.711. The van der Waals surface area contributed by atoms with Gasteiger partial charge in [0, 0.05) is 12.1 Å². The summed E-state index contributed by atoms with van der Waals surface area (Å²) in [4.78, 5) is 22.2. The maximum absolute atomic E-state index is 11.7. The minimum atomic E-state index is -0.914. The third-order valence-electron chi connectivity index (χ3n) is 2.36. The fraction of sp³-hybridized carbons (Fsp3) is 0.800. The van der Waals surface area contributed by atoms with Crippen LogP contribution in [0.25, 0.3) is 0 Å². The van der Waals surface area contributed by atoms with Crippen molar-refractivity contribution in [3.8, 4) is 0 Å². The summed E-state index contributed by atoms with van der Waals surface area (Å²) in [5.41, 5.74) is -0.703. The molecule has 1 unspecified atom stereocenters. The predicted octanol–water partition coefficient (Wildman–Crippen LogP) is 0.392. The van der Waals surface area contributed by atoms with Gasteiger partial charge in [-0.3, -0.25) is 9.59 Å². The highest BCUT2D eigenvalue weighted by atomic mass is 16.5. The second-order valence-electron chi connectivity index (χ2n) is 4.50. The standard InChI is InChI=1S/C10H17NO4/c1-10(2,5-8(12)13)11-9(14)7-3-4-15-6-7/h7H,3-6H2,1-2H3,(H,11,14)(H,12,13). The summed E-state index contributed by atoms with van der Waals surface area (Å²) in [6.45, 7) is 4.45. The van der Waals surface area contributed by atoms with Crippen LogP contribution in [0, 0.1) is 5.92 Å². The fourth-order valence-electron chi connectivity index (χ4n) is 1.60. The Morgan fingerprint density at radius 3 is 2.67 bits per heavy atom. The lowest BCUT2D eigenvalue weighted by molar-refractivity contribution is -0.138. The Hall–Kier alpha value is -1.10. The molecule has 0 radical (unpaired) electrons. The van der Waals surface area contributed by atoms with Gasteiger partial charge in [0.25, 0.3) is 0 Å². The Morgan fingerprint density at radius 1 is 1.53 bits per heavy atom. The average Bonchev–Trinajstić information content (AvgIpc) is 2.50. The molecule has 0 saturated carbocycles. The van der Waals surface area contributed by atoms with Crippen LogP contribution in [-0.2, 0) is 14.3 Å². The molecule has 0 spiro atoms. The number of carboxylic acids is 1. The van der Waals surface area contributed by atoms with Crippen LogP contribution < -0.4 is 5.32 Å². The van der Waals surface area contributed by atoms with Gasteiger partial charge < -0.3 is 15.2 Å². The van der Waals surface area contributed by atoms with Crippen LogP contribution in [0.2, 0.25) is 0 Å². The van der Waals surface area contributed by atoms with Crippen molar-refractivity contribution in [2.45, 2.75) is 32.2 Å². The Bertz CT molecular complexity index is 256. The topological polar surface area (TPSA) is 75.6 Å². The summed E-state index contributed by atoms with van der Waals surface area (Å²) in [5.74, 6) is -1.15. The summed E-state index contributed by atoms with van der Waals surface area (Å²) in [5, 5.41) is 11.4. The van der Waals surface area contributed by atoms with Crippen LogP contribution in [0.3, 0.4) is 0 Å². The Labute approximate surface area is 88.8 Å². The number of carboxylic acid groups (broad SMARTS) is 1. The molecule has 1 amide bonds. The van der Waals surface area contributed by atoms with Gasteiger partial charge in [-0.15, -0.1) is 0 Å². The van der Waals surface area contributed by atoms with E-state index in [-0.39, 0.29) is 18.2 Å². The second-order valence-corrected chi connectivity index (χ2v) is 4.50. The Morgan fingerprint density at radius 2 is 2.20 bits per heavy atom. The SMILES string of the molecule is CC(C)(CC(=O)O)NC(=O)C1CCOC1. The molecule has 1 rings (SSSR count). The van der Waals surface area contributed by atoms with Crippen LogP contribution in [0.15, 0.2) is 0 Å². The summed E-state index contributed by atoms with van der Waals surface area (Å²) >= 11 is 0. The lowest BCUT2D eigenvalue weighted by atomic mass is 9.98. The number of aliphatic carboxylic acids is 1. The molecule has 86 valence electrons. The van der Waals surface area contributed by atoms with E-state index in [0.717, 1.165) is 6.42 Å². The van der Waals surface area contributed by atoms with E-state index in [4.69, 9.17) is 9.84 Å². The molecule has 1 atom stereocenters. The summed E-state index contributed by atoms with van der Waals surface area (Å²) in [6.07, 6.45) is 0.640. The lowest BCUT2D eigenvalue weighted by Gasteiger charge is -2.25. The summed E-state index contributed by atoms with van der Waals surface area (Å²) < 4.78 is 5.10. The van der Waals surface area contributed by atoms with Gasteiger partial charge in [0.2, 0.25) is 5.91 Å². The fourth-order valence-corrected chi connectivity index (χ4v) is 1.60.